The van der Waals surface area contributed by atoms with Crippen LogP contribution in [0, 0.1) is 5.82 Å². The molecule has 1 aliphatic carbocycles. The van der Waals surface area contributed by atoms with Crippen LogP contribution >= 0.6 is 0 Å². The first-order chi connectivity index (χ1) is 6.09. The number of allylic oxidation sites excluding steroid dienone is 1. The number of benzene rings is 1. The maximum atomic E-state index is 12.9. The summed E-state index contributed by atoms with van der Waals surface area (Å²) in [5, 5.41) is 0. The van der Waals surface area contributed by atoms with E-state index in [0.717, 1.165) is 12.0 Å². The Bertz CT molecular complexity index is 361. The molecule has 0 aromatic heterocycles. The number of hydrogen-bond donors (Lipinski definition) is 0. The summed E-state index contributed by atoms with van der Waals surface area (Å²) >= 11 is 0. The molecule has 0 saturated carbocycles. The Morgan fingerprint density at radius 1 is 1.31 bits per heavy atom. The monoisotopic (exact) mass is 176 g/mol. The van der Waals surface area contributed by atoms with Crippen LogP contribution < -0.4 is 0 Å². The number of hydrogen-bond acceptors (Lipinski definition) is 0. The minimum Gasteiger partial charge on any atom is -0.207 e. The Hall–Kier alpha value is -1.11. The number of halogens is 1. The van der Waals surface area contributed by atoms with Gasteiger partial charge in [0.25, 0.3) is 0 Å². The average molecular weight is 176 g/mol. The van der Waals surface area contributed by atoms with Gasteiger partial charge >= 0.3 is 0 Å². The topological polar surface area (TPSA) is 0 Å². The first kappa shape index (κ1) is 8.49. The third-order valence-corrected chi connectivity index (χ3v) is 2.67. The van der Waals surface area contributed by atoms with Gasteiger partial charge in [0.15, 0.2) is 0 Å². The van der Waals surface area contributed by atoms with E-state index in [4.69, 9.17) is 0 Å². The molecule has 0 saturated heterocycles. The molecule has 0 fully saturated rings. The zero-order valence-electron chi connectivity index (χ0n) is 7.97. The Balaban J connectivity index is 2.61. The van der Waals surface area contributed by atoms with Gasteiger partial charge in [-0.05, 0) is 35.1 Å². The Labute approximate surface area is 78.1 Å². The van der Waals surface area contributed by atoms with Crippen LogP contribution in [-0.2, 0) is 5.41 Å². The smallest absolute Gasteiger partial charge is 0.123 e. The summed E-state index contributed by atoms with van der Waals surface area (Å²) in [6.45, 7) is 4.38. The van der Waals surface area contributed by atoms with Crippen LogP contribution in [0.15, 0.2) is 24.3 Å². The van der Waals surface area contributed by atoms with Gasteiger partial charge in [-0.25, -0.2) is 4.39 Å². The van der Waals surface area contributed by atoms with Crippen LogP contribution in [0.1, 0.15) is 31.4 Å². The van der Waals surface area contributed by atoms with E-state index in [1.165, 1.54) is 5.56 Å². The molecule has 0 bridgehead atoms. The SMILES string of the molecule is CC1(C)CC=Cc2cc(F)ccc21. The molecule has 0 unspecified atom stereocenters. The second kappa shape index (κ2) is 2.69. The minimum absolute atomic E-state index is 0.151. The van der Waals surface area contributed by atoms with Gasteiger partial charge in [0.2, 0.25) is 0 Å². The van der Waals surface area contributed by atoms with Crippen molar-refractivity contribution in [1.29, 1.82) is 0 Å². The van der Waals surface area contributed by atoms with Crippen LogP contribution in [0.4, 0.5) is 4.39 Å². The summed E-state index contributed by atoms with van der Waals surface area (Å²) in [7, 11) is 0. The first-order valence-electron chi connectivity index (χ1n) is 4.56. The lowest BCUT2D eigenvalue weighted by Crippen LogP contribution is -2.19. The maximum Gasteiger partial charge on any atom is 0.123 e. The fourth-order valence-corrected chi connectivity index (χ4v) is 1.88. The lowest BCUT2D eigenvalue weighted by molar-refractivity contribution is 0.526. The predicted molar refractivity (Wildman–Crippen MR) is 53.1 cm³/mol. The highest BCUT2D eigenvalue weighted by atomic mass is 19.1. The lowest BCUT2D eigenvalue weighted by atomic mass is 9.76. The molecule has 1 aliphatic rings. The van der Waals surface area contributed by atoms with Crippen molar-refractivity contribution in [2.45, 2.75) is 25.7 Å². The molecular weight excluding hydrogens is 163 g/mol. The molecule has 0 heterocycles. The third-order valence-electron chi connectivity index (χ3n) is 2.67. The quantitative estimate of drug-likeness (QED) is 0.567. The Kier molecular flexibility index (Phi) is 1.76. The van der Waals surface area contributed by atoms with Crippen molar-refractivity contribution in [3.63, 3.8) is 0 Å². The van der Waals surface area contributed by atoms with Gasteiger partial charge in [-0.15, -0.1) is 0 Å². The van der Waals surface area contributed by atoms with E-state index >= 15 is 0 Å². The average Bonchev–Trinajstić information content (AvgIpc) is 2.02. The van der Waals surface area contributed by atoms with Gasteiger partial charge in [0.05, 0.1) is 0 Å². The molecule has 68 valence electrons. The molecule has 0 radical (unpaired) electrons. The van der Waals surface area contributed by atoms with Crippen LogP contribution in [0.5, 0.6) is 0 Å². The van der Waals surface area contributed by atoms with Crippen molar-refractivity contribution in [2.24, 2.45) is 0 Å². The first-order valence-corrected chi connectivity index (χ1v) is 4.56. The second-order valence-electron chi connectivity index (χ2n) is 4.22. The lowest BCUT2D eigenvalue weighted by Gasteiger charge is -2.28. The van der Waals surface area contributed by atoms with Crippen molar-refractivity contribution in [1.82, 2.24) is 0 Å². The molecule has 2 rings (SSSR count). The third kappa shape index (κ3) is 1.39. The summed E-state index contributed by atoms with van der Waals surface area (Å²) in [6.07, 6.45) is 5.15. The van der Waals surface area contributed by atoms with Gasteiger partial charge < -0.3 is 0 Å². The van der Waals surface area contributed by atoms with E-state index in [-0.39, 0.29) is 11.2 Å². The molecule has 1 aromatic carbocycles. The molecule has 0 nitrogen and oxygen atoms in total. The zero-order chi connectivity index (χ0) is 9.47. The van der Waals surface area contributed by atoms with Gasteiger partial charge in [-0.3, -0.25) is 0 Å². The molecule has 1 heteroatoms. The summed E-state index contributed by atoms with van der Waals surface area (Å²) in [6, 6.07) is 5.04. The van der Waals surface area contributed by atoms with Gasteiger partial charge in [0, 0.05) is 0 Å². The summed E-state index contributed by atoms with van der Waals surface area (Å²) in [5.41, 5.74) is 2.42. The summed E-state index contributed by atoms with van der Waals surface area (Å²) in [4.78, 5) is 0. The standard InChI is InChI=1S/C12H13F/c1-12(2)7-3-4-9-8-10(13)5-6-11(9)12/h3-6,8H,7H2,1-2H3. The van der Waals surface area contributed by atoms with E-state index in [0.29, 0.717) is 0 Å². The van der Waals surface area contributed by atoms with E-state index in [9.17, 15) is 4.39 Å². The number of fused-ring (bicyclic) bond motifs is 1. The van der Waals surface area contributed by atoms with Crippen LogP contribution in [-0.4, -0.2) is 0 Å². The van der Waals surface area contributed by atoms with Crippen molar-refractivity contribution >= 4 is 6.08 Å². The Morgan fingerprint density at radius 2 is 2.08 bits per heavy atom. The molecule has 0 N–H and O–H groups in total. The highest BCUT2D eigenvalue weighted by Crippen LogP contribution is 2.34. The van der Waals surface area contributed by atoms with Crippen molar-refractivity contribution in [3.8, 4) is 0 Å². The molecule has 0 spiro atoms. The van der Waals surface area contributed by atoms with Crippen LogP contribution in [0.25, 0.3) is 6.08 Å². The molecule has 13 heavy (non-hydrogen) atoms. The van der Waals surface area contributed by atoms with Crippen LogP contribution in [0.3, 0.4) is 0 Å². The molecule has 0 atom stereocenters. The van der Waals surface area contributed by atoms with E-state index in [1.54, 1.807) is 12.1 Å². The molecule has 0 aliphatic heterocycles. The van der Waals surface area contributed by atoms with Gasteiger partial charge in [-0.1, -0.05) is 32.1 Å². The van der Waals surface area contributed by atoms with Crippen LogP contribution in [0.2, 0.25) is 0 Å². The highest BCUT2D eigenvalue weighted by molar-refractivity contribution is 5.59. The molecule has 1 aromatic rings. The predicted octanol–water partition coefficient (Wildman–Crippen LogP) is 3.52. The second-order valence-corrected chi connectivity index (χ2v) is 4.22. The highest BCUT2D eigenvalue weighted by Gasteiger charge is 2.24. The van der Waals surface area contributed by atoms with Crippen molar-refractivity contribution in [2.75, 3.05) is 0 Å². The van der Waals surface area contributed by atoms with Gasteiger partial charge in [0.1, 0.15) is 5.82 Å². The van der Waals surface area contributed by atoms with Gasteiger partial charge in [-0.2, -0.15) is 0 Å². The number of rotatable bonds is 0. The largest absolute Gasteiger partial charge is 0.207 e. The fourth-order valence-electron chi connectivity index (χ4n) is 1.88. The summed E-state index contributed by atoms with van der Waals surface area (Å²) < 4.78 is 12.9. The molecular formula is C12H13F. The fraction of sp³-hybridized carbons (Fsp3) is 0.333. The summed E-state index contributed by atoms with van der Waals surface area (Å²) in [5.74, 6) is -0.152. The van der Waals surface area contributed by atoms with E-state index < -0.39 is 0 Å². The molecule has 0 amide bonds. The van der Waals surface area contributed by atoms with Crippen molar-refractivity contribution < 1.29 is 4.39 Å². The Morgan fingerprint density at radius 3 is 2.85 bits per heavy atom. The van der Waals surface area contributed by atoms with E-state index in [2.05, 4.69) is 19.9 Å². The maximum absolute atomic E-state index is 12.9. The minimum atomic E-state index is -0.152. The zero-order valence-corrected chi connectivity index (χ0v) is 7.97. The van der Waals surface area contributed by atoms with Crippen molar-refractivity contribution in [3.05, 3.63) is 41.2 Å². The van der Waals surface area contributed by atoms with E-state index in [1.807, 2.05) is 12.1 Å². The normalized spacial score (nSPS) is 18.4.